The van der Waals surface area contributed by atoms with Crippen LogP contribution in [-0.4, -0.2) is 32.1 Å². The van der Waals surface area contributed by atoms with Crippen molar-refractivity contribution < 1.29 is 23.8 Å². The van der Waals surface area contributed by atoms with Crippen molar-refractivity contribution in [2.24, 2.45) is 0 Å². The van der Waals surface area contributed by atoms with Crippen LogP contribution < -0.4 is 14.8 Å². The molecule has 1 saturated carbocycles. The highest BCUT2D eigenvalue weighted by Gasteiger charge is 2.42. The summed E-state index contributed by atoms with van der Waals surface area (Å²) in [4.78, 5) is 28.1. The monoisotopic (exact) mass is 493 g/mol. The lowest BCUT2D eigenvalue weighted by atomic mass is 9.73. The van der Waals surface area contributed by atoms with Crippen molar-refractivity contribution >= 4 is 23.1 Å². The van der Waals surface area contributed by atoms with Crippen LogP contribution in [0.2, 0.25) is 0 Å². The van der Waals surface area contributed by atoms with Gasteiger partial charge in [-0.3, -0.25) is 4.79 Å². The number of Topliss-reactive ketones (excluding diaryl/α,β-unsaturated/α-hetero) is 1. The number of carbonyl (C=O) groups excluding carboxylic acids is 2. The second-order valence-electron chi connectivity index (χ2n) is 9.46. The molecule has 0 saturated heterocycles. The molecular weight excluding hydrogens is 462 g/mol. The highest BCUT2D eigenvalue weighted by Crippen LogP contribution is 2.47. The summed E-state index contributed by atoms with van der Waals surface area (Å²) in [5.41, 5.74) is 3.97. The van der Waals surface area contributed by atoms with Crippen molar-refractivity contribution in [3.05, 3.63) is 68.7 Å². The number of carbonyl (C=O) groups is 2. The highest BCUT2D eigenvalue weighted by molar-refractivity contribution is 7.10. The number of esters is 1. The second-order valence-corrected chi connectivity index (χ2v) is 10.4. The first-order valence-corrected chi connectivity index (χ1v) is 13.1. The Morgan fingerprint density at radius 3 is 2.51 bits per heavy atom. The number of hydrogen-bond donors (Lipinski definition) is 1. The van der Waals surface area contributed by atoms with Crippen molar-refractivity contribution in [3.8, 4) is 11.5 Å². The number of allylic oxidation sites excluding steroid dienone is 3. The van der Waals surface area contributed by atoms with Gasteiger partial charge in [0.1, 0.15) is 6.10 Å². The standard InChI is InChI=1S/C28H31NO5S/c1-16-25(28(31)34-19-7-4-5-8-19)27(24-9-6-12-35-24)26-20(29-16)13-18(14-21(26)30)17-10-11-22(32-2)23(15-17)33-3/h6,9-12,15,18-19,27,29H,4-5,7-8,13-14H2,1-3H3/t18-,27+/m1/s1. The van der Waals surface area contributed by atoms with E-state index in [1.807, 2.05) is 42.6 Å². The smallest absolute Gasteiger partial charge is 0.337 e. The van der Waals surface area contributed by atoms with Crippen LogP contribution in [0.25, 0.3) is 0 Å². The van der Waals surface area contributed by atoms with Gasteiger partial charge in [0.2, 0.25) is 0 Å². The molecule has 2 atom stereocenters. The zero-order chi connectivity index (χ0) is 24.5. The zero-order valence-electron chi connectivity index (χ0n) is 20.4. The van der Waals surface area contributed by atoms with Crippen molar-refractivity contribution in [2.75, 3.05) is 14.2 Å². The summed E-state index contributed by atoms with van der Waals surface area (Å²) in [7, 11) is 3.22. The van der Waals surface area contributed by atoms with Gasteiger partial charge in [-0.2, -0.15) is 0 Å². The molecule has 7 heteroatoms. The fourth-order valence-electron chi connectivity index (χ4n) is 5.61. The minimum atomic E-state index is -0.390. The number of rotatable bonds is 6. The third-order valence-corrected chi connectivity index (χ3v) is 8.27. The maximum atomic E-state index is 13.7. The Bertz CT molecular complexity index is 1190. The summed E-state index contributed by atoms with van der Waals surface area (Å²) >= 11 is 1.57. The van der Waals surface area contributed by atoms with Gasteiger partial charge in [-0.05, 0) is 74.1 Å². The molecule has 1 aliphatic heterocycles. The number of ketones is 1. The Labute approximate surface area is 210 Å². The topological polar surface area (TPSA) is 73.9 Å². The third-order valence-electron chi connectivity index (χ3n) is 7.33. The van der Waals surface area contributed by atoms with Crippen molar-refractivity contribution in [2.45, 2.75) is 63.4 Å². The van der Waals surface area contributed by atoms with Crippen molar-refractivity contribution in [1.82, 2.24) is 5.32 Å². The molecule has 35 heavy (non-hydrogen) atoms. The molecule has 0 unspecified atom stereocenters. The molecule has 0 radical (unpaired) electrons. The SMILES string of the molecule is COc1ccc([C@H]2CC(=O)C3=C(C2)NC(C)=C(C(=O)OC2CCCC2)[C@@H]3c2cccs2)cc1OC. The lowest BCUT2D eigenvalue weighted by Crippen LogP contribution is -2.36. The predicted octanol–water partition coefficient (Wildman–Crippen LogP) is 5.61. The quantitative estimate of drug-likeness (QED) is 0.527. The number of nitrogens with one attached hydrogen (secondary N) is 1. The van der Waals surface area contributed by atoms with E-state index in [0.717, 1.165) is 47.5 Å². The van der Waals surface area contributed by atoms with E-state index < -0.39 is 0 Å². The Kier molecular flexibility index (Phi) is 6.69. The molecule has 2 aromatic rings. The Hall–Kier alpha value is -3.06. The molecule has 1 aromatic carbocycles. The van der Waals surface area contributed by atoms with E-state index in [9.17, 15) is 9.59 Å². The normalized spacial score (nSPS) is 22.7. The lowest BCUT2D eigenvalue weighted by Gasteiger charge is -2.36. The average Bonchev–Trinajstić information content (AvgIpc) is 3.57. The molecule has 0 spiro atoms. The fourth-order valence-corrected chi connectivity index (χ4v) is 6.46. The van der Waals surface area contributed by atoms with Crippen LogP contribution in [0.4, 0.5) is 0 Å². The van der Waals surface area contributed by atoms with Gasteiger partial charge in [0.05, 0.1) is 25.7 Å². The van der Waals surface area contributed by atoms with Crippen LogP contribution in [0.3, 0.4) is 0 Å². The molecule has 3 aliphatic rings. The van der Waals surface area contributed by atoms with E-state index in [-0.39, 0.29) is 29.7 Å². The fraction of sp³-hybridized carbons (Fsp3) is 0.429. The first-order valence-electron chi connectivity index (χ1n) is 12.2. The number of dihydropyridines is 1. The van der Waals surface area contributed by atoms with Gasteiger partial charge in [0.15, 0.2) is 17.3 Å². The van der Waals surface area contributed by atoms with Gasteiger partial charge < -0.3 is 19.5 Å². The van der Waals surface area contributed by atoms with Gasteiger partial charge >= 0.3 is 5.97 Å². The molecule has 2 aliphatic carbocycles. The summed E-state index contributed by atoms with van der Waals surface area (Å²) in [6.45, 7) is 1.92. The van der Waals surface area contributed by atoms with Gasteiger partial charge in [-0.1, -0.05) is 12.1 Å². The lowest BCUT2D eigenvalue weighted by molar-refractivity contribution is -0.144. The van der Waals surface area contributed by atoms with Gasteiger partial charge in [-0.15, -0.1) is 11.3 Å². The van der Waals surface area contributed by atoms with Gasteiger partial charge in [0, 0.05) is 28.3 Å². The molecule has 5 rings (SSSR count). The molecule has 1 fully saturated rings. The van der Waals surface area contributed by atoms with E-state index in [2.05, 4.69) is 5.32 Å². The third kappa shape index (κ3) is 4.49. The molecule has 1 N–H and O–H groups in total. The average molecular weight is 494 g/mol. The van der Waals surface area contributed by atoms with E-state index in [1.165, 1.54) is 0 Å². The van der Waals surface area contributed by atoms with Gasteiger partial charge in [0.25, 0.3) is 0 Å². The van der Waals surface area contributed by atoms with E-state index in [1.54, 1.807) is 25.6 Å². The minimum Gasteiger partial charge on any atom is -0.493 e. The van der Waals surface area contributed by atoms with Crippen molar-refractivity contribution in [3.63, 3.8) is 0 Å². The van der Waals surface area contributed by atoms with Crippen LogP contribution >= 0.6 is 11.3 Å². The Morgan fingerprint density at radius 2 is 1.83 bits per heavy atom. The van der Waals surface area contributed by atoms with Crippen LogP contribution in [0.1, 0.15) is 67.7 Å². The summed E-state index contributed by atoms with van der Waals surface area (Å²) in [6.07, 6.45) is 5.03. The predicted molar refractivity (Wildman–Crippen MR) is 135 cm³/mol. The second kappa shape index (κ2) is 9.90. The number of thiophene rings is 1. The number of hydrogen-bond acceptors (Lipinski definition) is 7. The number of methoxy groups -OCH3 is 2. The maximum Gasteiger partial charge on any atom is 0.337 e. The molecule has 0 bridgehead atoms. The van der Waals surface area contributed by atoms with Crippen LogP contribution in [-0.2, 0) is 14.3 Å². The van der Waals surface area contributed by atoms with Crippen LogP contribution in [0.5, 0.6) is 11.5 Å². The molecule has 1 aromatic heterocycles. The van der Waals surface area contributed by atoms with Crippen LogP contribution in [0.15, 0.2) is 58.3 Å². The largest absolute Gasteiger partial charge is 0.493 e. The minimum absolute atomic E-state index is 0.0114. The summed E-state index contributed by atoms with van der Waals surface area (Å²) in [6, 6.07) is 9.81. The van der Waals surface area contributed by atoms with Crippen LogP contribution in [0, 0.1) is 0 Å². The van der Waals surface area contributed by atoms with E-state index in [0.29, 0.717) is 35.5 Å². The number of ether oxygens (including phenoxy) is 3. The van der Waals surface area contributed by atoms with Gasteiger partial charge in [-0.25, -0.2) is 4.79 Å². The van der Waals surface area contributed by atoms with E-state index >= 15 is 0 Å². The zero-order valence-corrected chi connectivity index (χ0v) is 21.2. The first-order chi connectivity index (χ1) is 17.0. The molecule has 0 amide bonds. The van der Waals surface area contributed by atoms with E-state index in [4.69, 9.17) is 14.2 Å². The summed E-state index contributed by atoms with van der Waals surface area (Å²) in [5, 5.41) is 5.43. The summed E-state index contributed by atoms with van der Waals surface area (Å²) < 4.78 is 16.8. The highest BCUT2D eigenvalue weighted by atomic mass is 32.1. The summed E-state index contributed by atoms with van der Waals surface area (Å²) in [5.74, 6) is 0.697. The Morgan fingerprint density at radius 1 is 1.06 bits per heavy atom. The molecule has 2 heterocycles. The molecule has 6 nitrogen and oxygen atoms in total. The first kappa shape index (κ1) is 23.7. The molecule has 184 valence electrons. The molecular formula is C28H31NO5S. The Balaban J connectivity index is 1.49. The number of benzene rings is 1. The maximum absolute atomic E-state index is 13.7. The van der Waals surface area contributed by atoms with Crippen molar-refractivity contribution in [1.29, 1.82) is 0 Å².